The standard InChI is InChI=1S/C13H25N3O2/c1-4-6-12(2)15-13(17)11-16(8-5-7-14)9-10-18-3/h12H,4-6,8-11H2,1-3H3,(H,15,17). The first-order chi connectivity index (χ1) is 8.63. The molecule has 104 valence electrons. The number of nitrogens with one attached hydrogen (secondary N) is 1. The van der Waals surface area contributed by atoms with Gasteiger partial charge in [0.15, 0.2) is 0 Å². The Morgan fingerprint density at radius 1 is 1.50 bits per heavy atom. The van der Waals surface area contributed by atoms with Crippen LogP contribution in [0.2, 0.25) is 0 Å². The molecule has 1 amide bonds. The molecule has 0 aliphatic heterocycles. The van der Waals surface area contributed by atoms with E-state index in [-0.39, 0.29) is 11.9 Å². The first-order valence-electron chi connectivity index (χ1n) is 6.51. The lowest BCUT2D eigenvalue weighted by Crippen LogP contribution is -2.42. The first kappa shape index (κ1) is 16.9. The summed E-state index contributed by atoms with van der Waals surface area (Å²) in [5.41, 5.74) is 0. The Kier molecular flexibility index (Phi) is 10.3. The van der Waals surface area contributed by atoms with E-state index in [0.717, 1.165) is 12.8 Å². The van der Waals surface area contributed by atoms with Crippen LogP contribution < -0.4 is 5.32 Å². The van der Waals surface area contributed by atoms with Crippen molar-refractivity contribution < 1.29 is 9.53 Å². The van der Waals surface area contributed by atoms with E-state index in [1.807, 2.05) is 11.8 Å². The average molecular weight is 255 g/mol. The van der Waals surface area contributed by atoms with Crippen molar-refractivity contribution in [3.8, 4) is 6.07 Å². The predicted octanol–water partition coefficient (Wildman–Crippen LogP) is 1.15. The van der Waals surface area contributed by atoms with Crippen molar-refractivity contribution in [1.29, 1.82) is 5.26 Å². The Hall–Kier alpha value is -1.12. The number of rotatable bonds is 10. The molecule has 5 nitrogen and oxygen atoms in total. The van der Waals surface area contributed by atoms with Gasteiger partial charge in [0, 0.05) is 32.7 Å². The van der Waals surface area contributed by atoms with Crippen LogP contribution >= 0.6 is 0 Å². The fourth-order valence-electron chi connectivity index (χ4n) is 1.73. The minimum atomic E-state index is 0.0185. The van der Waals surface area contributed by atoms with Crippen LogP contribution in [0, 0.1) is 11.3 Å². The molecule has 0 spiro atoms. The number of hydrogen-bond acceptors (Lipinski definition) is 4. The van der Waals surface area contributed by atoms with Crippen molar-refractivity contribution in [2.45, 2.75) is 39.2 Å². The molecule has 1 unspecified atom stereocenters. The van der Waals surface area contributed by atoms with E-state index in [0.29, 0.717) is 32.7 Å². The molecule has 18 heavy (non-hydrogen) atoms. The molecule has 0 aliphatic carbocycles. The van der Waals surface area contributed by atoms with Crippen LogP contribution in [0.3, 0.4) is 0 Å². The van der Waals surface area contributed by atoms with E-state index < -0.39 is 0 Å². The van der Waals surface area contributed by atoms with E-state index in [2.05, 4.69) is 18.3 Å². The Balaban J connectivity index is 4.04. The van der Waals surface area contributed by atoms with E-state index in [9.17, 15) is 4.79 Å². The Morgan fingerprint density at radius 2 is 2.22 bits per heavy atom. The number of hydrogen-bond donors (Lipinski definition) is 1. The highest BCUT2D eigenvalue weighted by Gasteiger charge is 2.12. The number of nitriles is 1. The monoisotopic (exact) mass is 255 g/mol. The Labute approximate surface area is 110 Å². The normalized spacial score (nSPS) is 12.2. The second-order valence-corrected chi connectivity index (χ2v) is 4.43. The van der Waals surface area contributed by atoms with E-state index in [4.69, 9.17) is 10.00 Å². The molecule has 0 radical (unpaired) electrons. The largest absolute Gasteiger partial charge is 0.383 e. The van der Waals surface area contributed by atoms with Gasteiger partial charge in [0.2, 0.25) is 5.91 Å². The SMILES string of the molecule is CCCC(C)NC(=O)CN(CCC#N)CCOC. The molecular weight excluding hydrogens is 230 g/mol. The molecule has 0 rings (SSSR count). The number of ether oxygens (including phenoxy) is 1. The lowest BCUT2D eigenvalue weighted by molar-refractivity contribution is -0.123. The van der Waals surface area contributed by atoms with Crippen molar-refractivity contribution in [3.05, 3.63) is 0 Å². The third-order valence-electron chi connectivity index (χ3n) is 2.65. The smallest absolute Gasteiger partial charge is 0.234 e. The summed E-state index contributed by atoms with van der Waals surface area (Å²) in [5, 5.41) is 11.5. The summed E-state index contributed by atoms with van der Waals surface area (Å²) in [7, 11) is 1.63. The number of nitrogens with zero attached hydrogens (tertiary/aromatic N) is 2. The quantitative estimate of drug-likeness (QED) is 0.636. The third-order valence-corrected chi connectivity index (χ3v) is 2.65. The molecule has 0 aromatic heterocycles. The minimum absolute atomic E-state index is 0.0185. The highest BCUT2D eigenvalue weighted by atomic mass is 16.5. The molecule has 0 aromatic carbocycles. The zero-order valence-electron chi connectivity index (χ0n) is 11.7. The van der Waals surface area contributed by atoms with Gasteiger partial charge < -0.3 is 10.1 Å². The molecule has 1 atom stereocenters. The van der Waals surface area contributed by atoms with Gasteiger partial charge in [-0.2, -0.15) is 5.26 Å². The van der Waals surface area contributed by atoms with Crippen molar-refractivity contribution in [2.75, 3.05) is 33.4 Å². The summed E-state index contributed by atoms with van der Waals surface area (Å²) in [5.74, 6) is 0.0185. The van der Waals surface area contributed by atoms with Gasteiger partial charge in [0.25, 0.3) is 0 Å². The molecule has 5 heteroatoms. The number of methoxy groups -OCH3 is 1. The van der Waals surface area contributed by atoms with Crippen molar-refractivity contribution >= 4 is 5.91 Å². The second-order valence-electron chi connectivity index (χ2n) is 4.43. The van der Waals surface area contributed by atoms with Gasteiger partial charge in [-0.3, -0.25) is 9.69 Å². The van der Waals surface area contributed by atoms with Gasteiger partial charge in [0.1, 0.15) is 0 Å². The summed E-state index contributed by atoms with van der Waals surface area (Å²) in [6.07, 6.45) is 2.48. The second kappa shape index (κ2) is 11.0. The van der Waals surface area contributed by atoms with Crippen molar-refractivity contribution in [1.82, 2.24) is 10.2 Å². The number of carbonyl (C=O) groups is 1. The summed E-state index contributed by atoms with van der Waals surface area (Å²) in [6, 6.07) is 2.31. The maximum atomic E-state index is 11.8. The fraction of sp³-hybridized carbons (Fsp3) is 0.846. The van der Waals surface area contributed by atoms with Crippen LogP contribution in [0.1, 0.15) is 33.1 Å². The molecule has 0 heterocycles. The van der Waals surface area contributed by atoms with Crippen LogP contribution in [0.5, 0.6) is 0 Å². The highest BCUT2D eigenvalue weighted by molar-refractivity contribution is 5.78. The van der Waals surface area contributed by atoms with Crippen LogP contribution in [0.25, 0.3) is 0 Å². The molecule has 0 saturated heterocycles. The Bertz CT molecular complexity index is 263. The lowest BCUT2D eigenvalue weighted by Gasteiger charge is -2.21. The van der Waals surface area contributed by atoms with Gasteiger partial charge in [-0.05, 0) is 13.3 Å². The molecule has 0 fully saturated rings. The topological polar surface area (TPSA) is 65.4 Å². The minimum Gasteiger partial charge on any atom is -0.383 e. The zero-order chi connectivity index (χ0) is 13.8. The fourth-order valence-corrected chi connectivity index (χ4v) is 1.73. The Morgan fingerprint density at radius 3 is 2.78 bits per heavy atom. The van der Waals surface area contributed by atoms with Crippen LogP contribution in [-0.2, 0) is 9.53 Å². The predicted molar refractivity (Wildman–Crippen MR) is 71.1 cm³/mol. The van der Waals surface area contributed by atoms with Crippen molar-refractivity contribution in [3.63, 3.8) is 0 Å². The van der Waals surface area contributed by atoms with Gasteiger partial charge in [-0.25, -0.2) is 0 Å². The summed E-state index contributed by atoms with van der Waals surface area (Å²) < 4.78 is 5.00. The molecule has 0 aliphatic rings. The number of amides is 1. The molecule has 0 saturated carbocycles. The van der Waals surface area contributed by atoms with Crippen LogP contribution in [0.15, 0.2) is 0 Å². The maximum Gasteiger partial charge on any atom is 0.234 e. The van der Waals surface area contributed by atoms with Gasteiger partial charge >= 0.3 is 0 Å². The van der Waals surface area contributed by atoms with E-state index in [1.54, 1.807) is 7.11 Å². The van der Waals surface area contributed by atoms with Gasteiger partial charge in [0.05, 0.1) is 19.2 Å². The van der Waals surface area contributed by atoms with Crippen LogP contribution in [0.4, 0.5) is 0 Å². The summed E-state index contributed by atoms with van der Waals surface area (Å²) in [4.78, 5) is 13.7. The molecule has 0 bridgehead atoms. The first-order valence-corrected chi connectivity index (χ1v) is 6.51. The third kappa shape index (κ3) is 8.97. The summed E-state index contributed by atoms with van der Waals surface area (Å²) in [6.45, 7) is 6.29. The van der Waals surface area contributed by atoms with Gasteiger partial charge in [-0.15, -0.1) is 0 Å². The molecular formula is C13H25N3O2. The maximum absolute atomic E-state index is 11.8. The van der Waals surface area contributed by atoms with E-state index in [1.165, 1.54) is 0 Å². The molecule has 1 N–H and O–H groups in total. The van der Waals surface area contributed by atoms with Crippen molar-refractivity contribution in [2.24, 2.45) is 0 Å². The number of carbonyl (C=O) groups excluding carboxylic acids is 1. The average Bonchev–Trinajstić information content (AvgIpc) is 2.32. The summed E-state index contributed by atoms with van der Waals surface area (Å²) >= 11 is 0. The highest BCUT2D eigenvalue weighted by Crippen LogP contribution is 1.96. The zero-order valence-corrected chi connectivity index (χ0v) is 11.7. The van der Waals surface area contributed by atoms with Crippen LogP contribution in [-0.4, -0.2) is 50.2 Å². The lowest BCUT2D eigenvalue weighted by atomic mass is 10.2. The van der Waals surface area contributed by atoms with Gasteiger partial charge in [-0.1, -0.05) is 13.3 Å². The molecule has 0 aromatic rings. The van der Waals surface area contributed by atoms with E-state index >= 15 is 0 Å².